The second kappa shape index (κ2) is 7.37. The maximum absolute atomic E-state index is 13.1. The average molecular weight is 376 g/mol. The molecule has 0 amide bonds. The van der Waals surface area contributed by atoms with Gasteiger partial charge in [-0.1, -0.05) is 42.0 Å². The van der Waals surface area contributed by atoms with Crippen molar-refractivity contribution in [1.82, 2.24) is 9.55 Å². The van der Waals surface area contributed by atoms with Crippen LogP contribution < -0.4 is 10.3 Å². The SMILES string of the molecule is Cc1ccc(C)c(-c2csc3ncn(CCOc4ccccc4)c(=O)c23)c1. The Hall–Kier alpha value is -2.92. The highest BCUT2D eigenvalue weighted by Crippen LogP contribution is 2.33. The molecular weight excluding hydrogens is 356 g/mol. The molecule has 0 fully saturated rings. The van der Waals surface area contributed by atoms with Crippen molar-refractivity contribution in [2.45, 2.75) is 20.4 Å². The van der Waals surface area contributed by atoms with Gasteiger partial charge in [0.15, 0.2) is 0 Å². The monoisotopic (exact) mass is 376 g/mol. The zero-order valence-corrected chi connectivity index (χ0v) is 16.1. The largest absolute Gasteiger partial charge is 0.492 e. The first kappa shape index (κ1) is 17.5. The topological polar surface area (TPSA) is 44.1 Å². The quantitative estimate of drug-likeness (QED) is 0.501. The zero-order valence-electron chi connectivity index (χ0n) is 15.3. The third kappa shape index (κ3) is 3.51. The van der Waals surface area contributed by atoms with E-state index in [9.17, 15) is 4.79 Å². The van der Waals surface area contributed by atoms with E-state index in [-0.39, 0.29) is 5.56 Å². The summed E-state index contributed by atoms with van der Waals surface area (Å²) in [5.74, 6) is 0.797. The normalized spacial score (nSPS) is 11.0. The second-order valence-electron chi connectivity index (χ2n) is 6.55. The van der Waals surface area contributed by atoms with Crippen LogP contribution in [0.3, 0.4) is 0 Å². The van der Waals surface area contributed by atoms with E-state index in [0.717, 1.165) is 27.3 Å². The lowest BCUT2D eigenvalue weighted by Crippen LogP contribution is -2.23. The number of rotatable bonds is 5. The Morgan fingerprint density at radius 2 is 1.89 bits per heavy atom. The van der Waals surface area contributed by atoms with Crippen molar-refractivity contribution in [2.24, 2.45) is 0 Å². The minimum Gasteiger partial charge on any atom is -0.492 e. The number of benzene rings is 2. The van der Waals surface area contributed by atoms with Gasteiger partial charge < -0.3 is 4.74 Å². The number of ether oxygens (including phenoxy) is 1. The zero-order chi connectivity index (χ0) is 18.8. The molecule has 2 aromatic heterocycles. The predicted octanol–water partition coefficient (Wildman–Crippen LogP) is 4.82. The highest BCUT2D eigenvalue weighted by Gasteiger charge is 2.15. The van der Waals surface area contributed by atoms with Crippen molar-refractivity contribution in [3.05, 3.63) is 81.7 Å². The Bertz CT molecular complexity index is 1150. The van der Waals surface area contributed by atoms with Gasteiger partial charge in [-0.15, -0.1) is 11.3 Å². The lowest BCUT2D eigenvalue weighted by Gasteiger charge is -2.09. The molecule has 0 atom stereocenters. The molecule has 0 bridgehead atoms. The average Bonchev–Trinajstić information content (AvgIpc) is 3.11. The molecule has 2 heterocycles. The maximum atomic E-state index is 13.1. The molecule has 0 unspecified atom stereocenters. The first-order valence-electron chi connectivity index (χ1n) is 8.85. The number of para-hydroxylation sites is 1. The molecule has 27 heavy (non-hydrogen) atoms. The van der Waals surface area contributed by atoms with Crippen LogP contribution in [0.15, 0.2) is 65.0 Å². The summed E-state index contributed by atoms with van der Waals surface area (Å²) < 4.78 is 7.35. The molecule has 0 aliphatic carbocycles. The van der Waals surface area contributed by atoms with Crippen LogP contribution >= 0.6 is 11.3 Å². The van der Waals surface area contributed by atoms with Gasteiger partial charge in [0.05, 0.1) is 18.3 Å². The fraction of sp³-hybridized carbons (Fsp3) is 0.182. The lowest BCUT2D eigenvalue weighted by atomic mass is 9.99. The minimum absolute atomic E-state index is 0.0196. The number of hydrogen-bond acceptors (Lipinski definition) is 4. The fourth-order valence-corrected chi connectivity index (χ4v) is 4.03. The van der Waals surface area contributed by atoms with Gasteiger partial charge in [0.25, 0.3) is 5.56 Å². The van der Waals surface area contributed by atoms with Gasteiger partial charge in [0.2, 0.25) is 0 Å². The van der Waals surface area contributed by atoms with Crippen molar-refractivity contribution >= 4 is 21.6 Å². The van der Waals surface area contributed by atoms with Crippen LogP contribution in [-0.4, -0.2) is 16.2 Å². The smallest absolute Gasteiger partial charge is 0.262 e. The molecule has 4 aromatic rings. The van der Waals surface area contributed by atoms with Crippen LogP contribution in [-0.2, 0) is 6.54 Å². The Balaban J connectivity index is 1.67. The van der Waals surface area contributed by atoms with Gasteiger partial charge in [0.1, 0.15) is 17.2 Å². The van der Waals surface area contributed by atoms with E-state index in [1.165, 1.54) is 16.9 Å². The molecular formula is C22H20N2O2S. The van der Waals surface area contributed by atoms with Gasteiger partial charge in [-0.25, -0.2) is 4.98 Å². The van der Waals surface area contributed by atoms with Crippen LogP contribution in [0.4, 0.5) is 0 Å². The molecule has 4 rings (SSSR count). The minimum atomic E-state index is -0.0196. The van der Waals surface area contributed by atoms with E-state index >= 15 is 0 Å². The van der Waals surface area contributed by atoms with Crippen LogP contribution in [0.25, 0.3) is 21.3 Å². The number of aromatic nitrogens is 2. The first-order chi connectivity index (χ1) is 13.1. The van der Waals surface area contributed by atoms with E-state index < -0.39 is 0 Å². The van der Waals surface area contributed by atoms with Gasteiger partial charge >= 0.3 is 0 Å². The molecule has 4 nitrogen and oxygen atoms in total. The summed E-state index contributed by atoms with van der Waals surface area (Å²) >= 11 is 1.51. The summed E-state index contributed by atoms with van der Waals surface area (Å²) in [6.45, 7) is 5.01. The highest BCUT2D eigenvalue weighted by atomic mass is 32.1. The van der Waals surface area contributed by atoms with Gasteiger partial charge in [-0.2, -0.15) is 0 Å². The van der Waals surface area contributed by atoms with Crippen molar-refractivity contribution < 1.29 is 4.74 Å². The lowest BCUT2D eigenvalue weighted by molar-refractivity contribution is 0.296. The molecule has 136 valence electrons. The van der Waals surface area contributed by atoms with E-state index in [1.54, 1.807) is 10.9 Å². The van der Waals surface area contributed by atoms with E-state index in [2.05, 4.69) is 37.0 Å². The number of aryl methyl sites for hydroxylation is 2. The van der Waals surface area contributed by atoms with E-state index in [0.29, 0.717) is 18.5 Å². The summed E-state index contributed by atoms with van der Waals surface area (Å²) in [7, 11) is 0. The van der Waals surface area contributed by atoms with Crippen molar-refractivity contribution in [1.29, 1.82) is 0 Å². The highest BCUT2D eigenvalue weighted by molar-refractivity contribution is 7.17. The van der Waals surface area contributed by atoms with Crippen LogP contribution in [0.5, 0.6) is 5.75 Å². The second-order valence-corrected chi connectivity index (χ2v) is 7.41. The predicted molar refractivity (Wildman–Crippen MR) is 111 cm³/mol. The van der Waals surface area contributed by atoms with Crippen molar-refractivity contribution in [3.63, 3.8) is 0 Å². The molecule has 5 heteroatoms. The Morgan fingerprint density at radius 3 is 2.70 bits per heavy atom. The molecule has 0 saturated carbocycles. The standard InChI is InChI=1S/C22H20N2O2S/c1-15-8-9-16(2)18(12-15)19-13-27-21-20(19)22(25)24(14-23-21)10-11-26-17-6-4-3-5-7-17/h3-9,12-14H,10-11H2,1-2H3. The van der Waals surface area contributed by atoms with Gasteiger partial charge in [-0.3, -0.25) is 9.36 Å². The van der Waals surface area contributed by atoms with Crippen molar-refractivity contribution in [3.8, 4) is 16.9 Å². The molecule has 0 radical (unpaired) electrons. The Morgan fingerprint density at radius 1 is 1.07 bits per heavy atom. The van der Waals surface area contributed by atoms with Crippen molar-refractivity contribution in [2.75, 3.05) is 6.61 Å². The van der Waals surface area contributed by atoms with E-state index in [1.807, 2.05) is 35.7 Å². The molecule has 0 spiro atoms. The molecule has 0 aliphatic rings. The summed E-state index contributed by atoms with van der Waals surface area (Å²) in [5, 5.41) is 2.72. The van der Waals surface area contributed by atoms with E-state index in [4.69, 9.17) is 4.74 Å². The maximum Gasteiger partial charge on any atom is 0.262 e. The molecule has 0 aliphatic heterocycles. The summed E-state index contributed by atoms with van der Waals surface area (Å²) in [5.41, 5.74) is 4.37. The Labute approximate surface area is 161 Å². The van der Waals surface area contributed by atoms with Crippen LogP contribution in [0.2, 0.25) is 0 Å². The van der Waals surface area contributed by atoms with Crippen LogP contribution in [0, 0.1) is 13.8 Å². The van der Waals surface area contributed by atoms with Gasteiger partial charge in [-0.05, 0) is 37.1 Å². The summed E-state index contributed by atoms with van der Waals surface area (Å²) in [6, 6.07) is 15.9. The molecule has 0 N–H and O–H groups in total. The number of thiophene rings is 1. The molecule has 0 saturated heterocycles. The Kier molecular flexibility index (Phi) is 4.77. The summed E-state index contributed by atoms with van der Waals surface area (Å²) in [6.07, 6.45) is 1.61. The summed E-state index contributed by atoms with van der Waals surface area (Å²) in [4.78, 5) is 18.4. The van der Waals surface area contributed by atoms with Gasteiger partial charge in [0, 0.05) is 10.9 Å². The number of hydrogen-bond donors (Lipinski definition) is 0. The number of nitrogens with zero attached hydrogens (tertiary/aromatic N) is 2. The molecule has 2 aromatic carbocycles. The third-order valence-corrected chi connectivity index (χ3v) is 5.47. The fourth-order valence-electron chi connectivity index (χ4n) is 3.13. The van der Waals surface area contributed by atoms with Crippen LogP contribution in [0.1, 0.15) is 11.1 Å². The third-order valence-electron chi connectivity index (χ3n) is 4.59. The first-order valence-corrected chi connectivity index (χ1v) is 9.73. The number of fused-ring (bicyclic) bond motifs is 1.